The Bertz CT molecular complexity index is 352. The molecule has 0 saturated heterocycles. The second-order valence-corrected chi connectivity index (χ2v) is 16.2. The monoisotopic (exact) mass is 253 g/mol. The predicted octanol–water partition coefficient (Wildman–Crippen LogP) is 3.26. The fourth-order valence-electron chi connectivity index (χ4n) is 2.26. The third kappa shape index (κ3) is 3.15. The summed E-state index contributed by atoms with van der Waals surface area (Å²) in [6.45, 7) is 16.2. The minimum Gasteiger partial charge on any atom is -0.410 e. The van der Waals surface area contributed by atoms with E-state index in [0.717, 1.165) is 11.6 Å². The van der Waals surface area contributed by atoms with Crippen LogP contribution in [-0.4, -0.2) is 26.4 Å². The number of aryl methyl sites for hydroxylation is 1. The van der Waals surface area contributed by atoms with Gasteiger partial charge in [0.1, 0.15) is 28.1 Å². The van der Waals surface area contributed by atoms with Crippen molar-refractivity contribution in [2.24, 2.45) is 0 Å². The molecule has 1 aromatic rings. The fourth-order valence-corrected chi connectivity index (χ4v) is 11.9. The summed E-state index contributed by atoms with van der Waals surface area (Å²) in [4.78, 5) is 8.77. The van der Waals surface area contributed by atoms with Crippen LogP contribution in [0.25, 0.3) is 0 Å². The third-order valence-electron chi connectivity index (χ3n) is 2.33. The van der Waals surface area contributed by atoms with Crippen LogP contribution in [0.15, 0.2) is 12.3 Å². The lowest BCUT2D eigenvalue weighted by molar-refractivity contribution is 1.04. The van der Waals surface area contributed by atoms with Gasteiger partial charge >= 0.3 is 0 Å². The predicted molar refractivity (Wildman–Crippen MR) is 75.9 cm³/mol. The topological polar surface area (TPSA) is 29.0 Å². The summed E-state index contributed by atoms with van der Waals surface area (Å²) in [5.41, 5.74) is 0. The van der Waals surface area contributed by atoms with Gasteiger partial charge in [0, 0.05) is 6.20 Å². The van der Waals surface area contributed by atoms with Crippen LogP contribution in [-0.2, 0) is 0 Å². The van der Waals surface area contributed by atoms with E-state index in [0.29, 0.717) is 0 Å². The van der Waals surface area contributed by atoms with Crippen LogP contribution in [0.1, 0.15) is 5.82 Å². The van der Waals surface area contributed by atoms with Crippen LogP contribution in [0, 0.1) is 6.92 Å². The van der Waals surface area contributed by atoms with E-state index in [-0.39, 0.29) is 0 Å². The van der Waals surface area contributed by atoms with Crippen LogP contribution < -0.4 is 4.23 Å². The normalized spacial score (nSPS) is 12.7. The molecule has 0 bridgehead atoms. The maximum Gasteiger partial charge on any atom is 0.139 e. The lowest BCUT2D eigenvalue weighted by Crippen LogP contribution is -2.60. The van der Waals surface area contributed by atoms with Crippen LogP contribution >= 0.6 is 0 Å². The summed E-state index contributed by atoms with van der Waals surface area (Å²) in [7, 11) is -2.76. The maximum absolute atomic E-state index is 4.59. The number of hydrogen-bond acceptors (Lipinski definition) is 3. The van der Waals surface area contributed by atoms with Crippen LogP contribution in [0.2, 0.25) is 39.3 Å². The Morgan fingerprint density at radius 3 is 1.88 bits per heavy atom. The third-order valence-corrected chi connectivity index (χ3v) is 9.50. The summed E-state index contributed by atoms with van der Waals surface area (Å²) >= 11 is 0. The number of anilines is 1. The van der Waals surface area contributed by atoms with Gasteiger partial charge in [-0.15, -0.1) is 0 Å². The molecule has 0 aliphatic carbocycles. The van der Waals surface area contributed by atoms with Gasteiger partial charge in [-0.05, 0) is 13.0 Å². The van der Waals surface area contributed by atoms with Crippen molar-refractivity contribution < 1.29 is 0 Å². The number of hydrogen-bond donors (Lipinski definition) is 0. The second kappa shape index (κ2) is 4.29. The molecule has 0 aromatic carbocycles. The van der Waals surface area contributed by atoms with E-state index in [9.17, 15) is 0 Å². The number of nitrogens with zero attached hydrogens (tertiary/aromatic N) is 3. The Hall–Kier alpha value is -0.686. The van der Waals surface area contributed by atoms with Crippen molar-refractivity contribution in [3.05, 3.63) is 18.1 Å². The summed E-state index contributed by atoms with van der Waals surface area (Å²) in [5.74, 6) is 1.98. The molecular formula is C11H23N3Si2. The number of aromatic nitrogens is 2. The molecule has 3 nitrogen and oxygen atoms in total. The Labute approximate surface area is 101 Å². The zero-order valence-corrected chi connectivity index (χ0v) is 13.5. The molecule has 0 radical (unpaired) electrons. The van der Waals surface area contributed by atoms with Gasteiger partial charge in [-0.3, -0.25) is 0 Å². The molecule has 1 aromatic heterocycles. The summed E-state index contributed by atoms with van der Waals surface area (Å²) in [5, 5.41) is 0. The van der Waals surface area contributed by atoms with Gasteiger partial charge in [0.05, 0.1) is 0 Å². The first-order valence-corrected chi connectivity index (χ1v) is 12.6. The number of rotatable bonds is 3. The summed E-state index contributed by atoms with van der Waals surface area (Å²) < 4.78 is 2.61. The molecule has 0 unspecified atom stereocenters. The fraction of sp³-hybridized carbons (Fsp3) is 0.636. The summed E-state index contributed by atoms with van der Waals surface area (Å²) in [6, 6.07) is 2.05. The van der Waals surface area contributed by atoms with E-state index < -0.39 is 16.5 Å². The van der Waals surface area contributed by atoms with E-state index >= 15 is 0 Å². The molecule has 0 fully saturated rings. The highest BCUT2D eigenvalue weighted by Crippen LogP contribution is 2.26. The van der Waals surface area contributed by atoms with Gasteiger partial charge < -0.3 is 4.23 Å². The van der Waals surface area contributed by atoms with Crippen molar-refractivity contribution in [1.82, 2.24) is 9.97 Å². The molecule has 0 amide bonds. The minimum absolute atomic E-state index is 0.860. The van der Waals surface area contributed by atoms with E-state index in [1.165, 1.54) is 0 Å². The Kier molecular flexibility index (Phi) is 3.59. The molecule has 16 heavy (non-hydrogen) atoms. The molecule has 0 N–H and O–H groups in total. The molecule has 0 saturated carbocycles. The molecule has 0 atom stereocenters. The van der Waals surface area contributed by atoms with Crippen molar-refractivity contribution >= 4 is 22.3 Å². The minimum atomic E-state index is -1.38. The molecule has 1 heterocycles. The molecule has 90 valence electrons. The van der Waals surface area contributed by atoms with Crippen molar-refractivity contribution in [3.8, 4) is 0 Å². The van der Waals surface area contributed by atoms with E-state index in [1.807, 2.05) is 19.2 Å². The lowest BCUT2D eigenvalue weighted by atomic mass is 10.5. The van der Waals surface area contributed by atoms with Gasteiger partial charge in [0.2, 0.25) is 0 Å². The Morgan fingerprint density at radius 1 is 1.00 bits per heavy atom. The highest BCUT2D eigenvalue weighted by atomic mass is 28.4. The van der Waals surface area contributed by atoms with Gasteiger partial charge in [-0.25, -0.2) is 9.97 Å². The van der Waals surface area contributed by atoms with Crippen LogP contribution in [0.4, 0.5) is 5.82 Å². The Morgan fingerprint density at radius 2 is 1.50 bits per heavy atom. The SMILES string of the molecule is Cc1nccc(N([Si](C)(C)C)[Si](C)(C)C)n1. The zero-order valence-electron chi connectivity index (χ0n) is 11.5. The average Bonchev–Trinajstić information content (AvgIpc) is 1.97. The lowest BCUT2D eigenvalue weighted by Gasteiger charge is -2.44. The molecule has 1 rings (SSSR count). The van der Waals surface area contributed by atoms with Gasteiger partial charge in [-0.2, -0.15) is 0 Å². The zero-order chi connectivity index (χ0) is 12.6. The first-order chi connectivity index (χ1) is 7.12. The summed E-state index contributed by atoms with van der Waals surface area (Å²) in [6.07, 6.45) is 1.87. The average molecular weight is 253 g/mol. The van der Waals surface area contributed by atoms with E-state index in [4.69, 9.17) is 0 Å². The smallest absolute Gasteiger partial charge is 0.139 e. The van der Waals surface area contributed by atoms with Gasteiger partial charge in [0.15, 0.2) is 0 Å². The van der Waals surface area contributed by atoms with Crippen molar-refractivity contribution in [3.63, 3.8) is 0 Å². The molecular weight excluding hydrogens is 230 g/mol. The van der Waals surface area contributed by atoms with Gasteiger partial charge in [0.25, 0.3) is 0 Å². The molecule has 5 heteroatoms. The van der Waals surface area contributed by atoms with Gasteiger partial charge in [-0.1, -0.05) is 39.3 Å². The van der Waals surface area contributed by atoms with E-state index in [1.54, 1.807) is 0 Å². The first-order valence-electron chi connectivity index (χ1n) is 5.72. The van der Waals surface area contributed by atoms with Crippen LogP contribution in [0.3, 0.4) is 0 Å². The van der Waals surface area contributed by atoms with Crippen LogP contribution in [0.5, 0.6) is 0 Å². The Balaban J connectivity index is 3.23. The molecule has 0 aliphatic rings. The van der Waals surface area contributed by atoms with Crippen molar-refractivity contribution in [2.45, 2.75) is 46.2 Å². The standard InChI is InChI=1S/C11H23N3Si2/c1-10-12-9-8-11(13-10)14(15(2,3)4)16(5,6)7/h8-9H,1-7H3. The van der Waals surface area contributed by atoms with Crippen molar-refractivity contribution in [1.29, 1.82) is 0 Å². The largest absolute Gasteiger partial charge is 0.410 e. The first kappa shape index (κ1) is 13.4. The van der Waals surface area contributed by atoms with E-state index in [2.05, 4.69) is 53.5 Å². The highest BCUT2D eigenvalue weighted by molar-refractivity contribution is 6.99. The second-order valence-electron chi connectivity index (χ2n) is 6.14. The quantitative estimate of drug-likeness (QED) is 0.774. The molecule has 0 spiro atoms. The highest BCUT2D eigenvalue weighted by Gasteiger charge is 2.35. The maximum atomic E-state index is 4.59. The molecule has 0 aliphatic heterocycles. The van der Waals surface area contributed by atoms with Crippen molar-refractivity contribution in [2.75, 3.05) is 4.23 Å².